The van der Waals surface area contributed by atoms with Gasteiger partial charge in [-0.05, 0) is 54.6 Å². The first kappa shape index (κ1) is 22.6. The third-order valence-corrected chi connectivity index (χ3v) is 5.79. The summed E-state index contributed by atoms with van der Waals surface area (Å²) < 4.78 is 13.0. The normalized spacial score (nSPS) is 11.0. The monoisotopic (exact) mass is 487 g/mol. The minimum atomic E-state index is -0.153. The van der Waals surface area contributed by atoms with E-state index < -0.39 is 0 Å². The highest BCUT2D eigenvalue weighted by Crippen LogP contribution is 2.26. The highest BCUT2D eigenvalue weighted by Gasteiger charge is 2.21. The Morgan fingerprint density at radius 3 is 2.74 bits per heavy atom. The number of nitrogens with zero attached hydrogens (tertiary/aromatic N) is 5. The smallest absolute Gasteiger partial charge is 0.254 e. The van der Waals surface area contributed by atoms with Crippen LogP contribution < -0.4 is 4.74 Å². The first-order chi connectivity index (χ1) is 17.1. The average molecular weight is 488 g/mol. The Labute approximate surface area is 206 Å². The summed E-state index contributed by atoms with van der Waals surface area (Å²) in [6.45, 7) is 1.14. The SMILES string of the molecule is CN(CCOc1ccc(Cl)cc1)C(=O)c1cc(-c2cccnc2)nc2c1cnn2Cc1ccco1. The fourth-order valence-corrected chi connectivity index (χ4v) is 3.82. The van der Waals surface area contributed by atoms with Crippen molar-refractivity contribution in [2.45, 2.75) is 6.54 Å². The summed E-state index contributed by atoms with van der Waals surface area (Å²) in [5.41, 5.74) is 2.55. The molecule has 9 heteroatoms. The lowest BCUT2D eigenvalue weighted by molar-refractivity contribution is 0.0775. The van der Waals surface area contributed by atoms with E-state index in [1.54, 1.807) is 71.8 Å². The minimum Gasteiger partial charge on any atom is -0.492 e. The first-order valence-electron chi connectivity index (χ1n) is 11.0. The number of hydrogen-bond donors (Lipinski definition) is 0. The third-order valence-electron chi connectivity index (χ3n) is 5.54. The second-order valence-electron chi connectivity index (χ2n) is 7.94. The maximum atomic E-state index is 13.5. The number of pyridine rings is 2. The molecule has 0 aliphatic carbocycles. The summed E-state index contributed by atoms with van der Waals surface area (Å²) >= 11 is 5.92. The fourth-order valence-electron chi connectivity index (χ4n) is 3.69. The zero-order valence-corrected chi connectivity index (χ0v) is 19.7. The molecule has 0 fully saturated rings. The molecule has 0 radical (unpaired) electrons. The van der Waals surface area contributed by atoms with Crippen molar-refractivity contribution in [2.24, 2.45) is 0 Å². The number of amides is 1. The molecule has 0 saturated carbocycles. The predicted octanol–water partition coefficient (Wildman–Crippen LogP) is 4.94. The number of hydrogen-bond acceptors (Lipinski definition) is 6. The van der Waals surface area contributed by atoms with Crippen molar-refractivity contribution in [3.8, 4) is 17.0 Å². The van der Waals surface area contributed by atoms with E-state index in [2.05, 4.69) is 10.1 Å². The molecule has 0 aliphatic heterocycles. The molecule has 0 aliphatic rings. The summed E-state index contributed by atoms with van der Waals surface area (Å²) in [5, 5.41) is 5.80. The van der Waals surface area contributed by atoms with Crippen LogP contribution in [-0.4, -0.2) is 50.8 Å². The molecule has 1 aromatic carbocycles. The van der Waals surface area contributed by atoms with Crippen LogP contribution in [0.4, 0.5) is 0 Å². The van der Waals surface area contributed by atoms with Crippen LogP contribution in [0.25, 0.3) is 22.3 Å². The number of ether oxygens (including phenoxy) is 1. The van der Waals surface area contributed by atoms with E-state index in [0.717, 1.165) is 11.3 Å². The molecule has 0 spiro atoms. The van der Waals surface area contributed by atoms with Gasteiger partial charge in [-0.25, -0.2) is 9.67 Å². The lowest BCUT2D eigenvalue weighted by Crippen LogP contribution is -2.31. The summed E-state index contributed by atoms with van der Waals surface area (Å²) in [4.78, 5) is 24.1. The number of benzene rings is 1. The Kier molecular flexibility index (Phi) is 6.45. The summed E-state index contributed by atoms with van der Waals surface area (Å²) in [5.74, 6) is 1.28. The van der Waals surface area contributed by atoms with Crippen molar-refractivity contribution in [3.05, 3.63) is 95.8 Å². The van der Waals surface area contributed by atoms with Gasteiger partial charge in [-0.3, -0.25) is 9.78 Å². The number of furan rings is 1. The van der Waals surface area contributed by atoms with E-state index in [4.69, 9.17) is 25.7 Å². The van der Waals surface area contributed by atoms with Crippen LogP contribution in [-0.2, 0) is 6.54 Å². The molecule has 0 N–H and O–H groups in total. The van der Waals surface area contributed by atoms with Crippen LogP contribution in [0.1, 0.15) is 16.1 Å². The van der Waals surface area contributed by atoms with Crippen molar-refractivity contribution < 1.29 is 13.9 Å². The number of carbonyl (C=O) groups is 1. The minimum absolute atomic E-state index is 0.153. The number of carbonyl (C=O) groups excluding carboxylic acids is 1. The van der Waals surface area contributed by atoms with Crippen molar-refractivity contribution in [2.75, 3.05) is 20.2 Å². The summed E-state index contributed by atoms with van der Waals surface area (Å²) in [7, 11) is 1.75. The van der Waals surface area contributed by atoms with Gasteiger partial charge < -0.3 is 14.1 Å². The molecule has 4 aromatic heterocycles. The van der Waals surface area contributed by atoms with Crippen molar-refractivity contribution in [3.63, 3.8) is 0 Å². The second kappa shape index (κ2) is 9.99. The van der Waals surface area contributed by atoms with Gasteiger partial charge in [-0.1, -0.05) is 11.6 Å². The van der Waals surface area contributed by atoms with E-state index in [9.17, 15) is 4.79 Å². The van der Waals surface area contributed by atoms with E-state index in [1.165, 1.54) is 0 Å². The number of fused-ring (bicyclic) bond motifs is 1. The summed E-state index contributed by atoms with van der Waals surface area (Å²) in [6.07, 6.45) is 6.71. The van der Waals surface area contributed by atoms with Crippen molar-refractivity contribution in [1.82, 2.24) is 24.6 Å². The van der Waals surface area contributed by atoms with Crippen LogP contribution in [0.2, 0.25) is 5.02 Å². The highest BCUT2D eigenvalue weighted by atomic mass is 35.5. The molecule has 5 rings (SSSR count). The standard InChI is InChI=1S/C26H22ClN5O3/c1-31(11-13-35-20-8-6-19(27)7-9-20)26(33)22-14-24(18-4-2-10-28-15-18)30-25-23(22)16-29-32(25)17-21-5-3-12-34-21/h2-10,12,14-16H,11,13,17H2,1H3. The predicted molar refractivity (Wildman–Crippen MR) is 132 cm³/mol. The molecular weight excluding hydrogens is 466 g/mol. The lowest BCUT2D eigenvalue weighted by atomic mass is 10.1. The van der Waals surface area contributed by atoms with Crippen molar-refractivity contribution >= 4 is 28.5 Å². The largest absolute Gasteiger partial charge is 0.492 e. The van der Waals surface area contributed by atoms with Crippen LogP contribution >= 0.6 is 11.6 Å². The van der Waals surface area contributed by atoms with Gasteiger partial charge in [0, 0.05) is 30.0 Å². The van der Waals surface area contributed by atoms with Gasteiger partial charge in [-0.15, -0.1) is 0 Å². The molecule has 176 valence electrons. The van der Waals surface area contributed by atoms with Gasteiger partial charge in [0.05, 0.1) is 35.6 Å². The third kappa shape index (κ3) is 5.02. The molecule has 0 bridgehead atoms. The van der Waals surface area contributed by atoms with Gasteiger partial charge in [0.1, 0.15) is 24.7 Å². The first-order valence-corrected chi connectivity index (χ1v) is 11.4. The zero-order valence-electron chi connectivity index (χ0n) is 19.0. The van der Waals surface area contributed by atoms with E-state index in [-0.39, 0.29) is 5.91 Å². The maximum Gasteiger partial charge on any atom is 0.254 e. The Morgan fingerprint density at radius 2 is 2.00 bits per heavy atom. The van der Waals surface area contributed by atoms with Gasteiger partial charge in [0.25, 0.3) is 5.91 Å². The molecule has 4 heterocycles. The van der Waals surface area contributed by atoms with Gasteiger partial charge in [-0.2, -0.15) is 5.10 Å². The number of likely N-dealkylation sites (N-methyl/N-ethyl adjacent to an activating group) is 1. The maximum absolute atomic E-state index is 13.5. The second-order valence-corrected chi connectivity index (χ2v) is 8.38. The molecule has 0 atom stereocenters. The van der Waals surface area contributed by atoms with Crippen molar-refractivity contribution in [1.29, 1.82) is 0 Å². The highest BCUT2D eigenvalue weighted by molar-refractivity contribution is 6.30. The molecule has 1 amide bonds. The van der Waals surface area contributed by atoms with Gasteiger partial charge in [0.2, 0.25) is 0 Å². The van der Waals surface area contributed by atoms with Gasteiger partial charge in [0.15, 0.2) is 5.65 Å². The lowest BCUT2D eigenvalue weighted by Gasteiger charge is -2.18. The Bertz CT molecular complexity index is 1430. The zero-order chi connectivity index (χ0) is 24.2. The molecule has 8 nitrogen and oxygen atoms in total. The fraction of sp³-hybridized carbons (Fsp3) is 0.154. The topological polar surface area (TPSA) is 86.3 Å². The molecule has 0 saturated heterocycles. The van der Waals surface area contributed by atoms with E-state index in [1.807, 2.05) is 24.3 Å². The molecule has 35 heavy (non-hydrogen) atoms. The molecule has 0 unspecified atom stereocenters. The Balaban J connectivity index is 1.43. The number of rotatable bonds is 8. The van der Waals surface area contributed by atoms with Crippen LogP contribution in [0.15, 0.2) is 83.9 Å². The Morgan fingerprint density at radius 1 is 1.14 bits per heavy atom. The van der Waals surface area contributed by atoms with E-state index >= 15 is 0 Å². The van der Waals surface area contributed by atoms with Crippen LogP contribution in [0.3, 0.4) is 0 Å². The average Bonchev–Trinajstić information content (AvgIpc) is 3.55. The number of aromatic nitrogens is 4. The quantitative estimate of drug-likeness (QED) is 0.308. The molecule has 5 aromatic rings. The van der Waals surface area contributed by atoms with Crippen LogP contribution in [0, 0.1) is 0 Å². The van der Waals surface area contributed by atoms with Crippen LogP contribution in [0.5, 0.6) is 5.75 Å². The number of halogens is 1. The Hall–Kier alpha value is -4.17. The summed E-state index contributed by atoms with van der Waals surface area (Å²) in [6, 6.07) is 16.4. The van der Waals surface area contributed by atoms with Gasteiger partial charge >= 0.3 is 0 Å². The molecular formula is C26H22ClN5O3. The van der Waals surface area contributed by atoms with E-state index in [0.29, 0.717) is 52.8 Å².